The Morgan fingerprint density at radius 3 is 2.80 bits per heavy atom. The fraction of sp³-hybridized carbons (Fsp3) is 0.429. The van der Waals surface area contributed by atoms with Gasteiger partial charge in [-0.2, -0.15) is 4.98 Å². The first-order valence-corrected chi connectivity index (χ1v) is 9.33. The molecule has 1 aliphatic rings. The first kappa shape index (κ1) is 17.5. The highest BCUT2D eigenvalue weighted by molar-refractivity contribution is 5.61. The molecule has 0 bridgehead atoms. The van der Waals surface area contributed by atoms with Crippen LogP contribution < -0.4 is 10.6 Å². The lowest BCUT2D eigenvalue weighted by molar-refractivity contribution is 0.679. The van der Waals surface area contributed by atoms with E-state index in [0.717, 1.165) is 24.5 Å². The van der Waals surface area contributed by atoms with Gasteiger partial charge in [-0.15, -0.1) is 0 Å². The standard InChI is InChI=1S/C21H28N4/c1-16(2)18-10-6-7-11-19(18)24-20-13-15-23-21(25-20)22-14-12-17-8-4-3-5-9-17/h6-8,10-11,13,15-16H,3-5,9,12,14H2,1-2H3,(H2,22,23,24,25). The minimum Gasteiger partial charge on any atom is -0.354 e. The predicted octanol–water partition coefficient (Wildman–Crippen LogP) is 5.65. The molecule has 132 valence electrons. The van der Waals surface area contributed by atoms with Crippen LogP contribution in [-0.4, -0.2) is 16.5 Å². The Morgan fingerprint density at radius 2 is 2.00 bits per heavy atom. The lowest BCUT2D eigenvalue weighted by atomic mass is 9.97. The minimum absolute atomic E-state index is 0.465. The first-order valence-electron chi connectivity index (χ1n) is 9.33. The van der Waals surface area contributed by atoms with Gasteiger partial charge < -0.3 is 10.6 Å². The molecule has 0 unspecified atom stereocenters. The summed E-state index contributed by atoms with van der Waals surface area (Å²) in [6.07, 6.45) is 10.4. The molecule has 0 spiro atoms. The number of aromatic nitrogens is 2. The Morgan fingerprint density at radius 1 is 1.12 bits per heavy atom. The maximum absolute atomic E-state index is 4.60. The van der Waals surface area contributed by atoms with Crippen molar-refractivity contribution >= 4 is 17.5 Å². The fourth-order valence-corrected chi connectivity index (χ4v) is 3.23. The number of para-hydroxylation sites is 1. The van der Waals surface area contributed by atoms with E-state index in [4.69, 9.17) is 0 Å². The lowest BCUT2D eigenvalue weighted by Crippen LogP contribution is -2.08. The highest BCUT2D eigenvalue weighted by Gasteiger charge is 2.08. The fourth-order valence-electron chi connectivity index (χ4n) is 3.23. The van der Waals surface area contributed by atoms with Crippen molar-refractivity contribution in [1.82, 2.24) is 9.97 Å². The Labute approximate surface area is 150 Å². The molecular formula is C21H28N4. The smallest absolute Gasteiger partial charge is 0.224 e. The third kappa shape index (κ3) is 5.05. The third-order valence-corrected chi connectivity index (χ3v) is 4.62. The van der Waals surface area contributed by atoms with Crippen molar-refractivity contribution < 1.29 is 0 Å². The quantitative estimate of drug-likeness (QED) is 0.642. The molecule has 3 rings (SSSR count). The van der Waals surface area contributed by atoms with Gasteiger partial charge >= 0.3 is 0 Å². The molecule has 4 nitrogen and oxygen atoms in total. The van der Waals surface area contributed by atoms with Crippen LogP contribution >= 0.6 is 0 Å². The topological polar surface area (TPSA) is 49.8 Å². The van der Waals surface area contributed by atoms with E-state index in [-0.39, 0.29) is 0 Å². The van der Waals surface area contributed by atoms with Gasteiger partial charge in [-0.05, 0) is 55.7 Å². The molecule has 0 aliphatic heterocycles. The van der Waals surface area contributed by atoms with Gasteiger partial charge in [0.25, 0.3) is 0 Å². The SMILES string of the molecule is CC(C)c1ccccc1Nc1ccnc(NCCC2=CCCCC2)n1. The summed E-state index contributed by atoms with van der Waals surface area (Å²) in [4.78, 5) is 8.94. The second kappa shape index (κ2) is 8.65. The van der Waals surface area contributed by atoms with Gasteiger partial charge in [-0.25, -0.2) is 4.98 Å². The van der Waals surface area contributed by atoms with E-state index >= 15 is 0 Å². The van der Waals surface area contributed by atoms with Crippen molar-refractivity contribution in [3.8, 4) is 0 Å². The first-order chi connectivity index (χ1) is 12.2. The van der Waals surface area contributed by atoms with Crippen LogP contribution in [0.5, 0.6) is 0 Å². The summed E-state index contributed by atoms with van der Waals surface area (Å²) in [6, 6.07) is 10.3. The number of anilines is 3. The minimum atomic E-state index is 0.465. The van der Waals surface area contributed by atoms with Crippen LogP contribution in [-0.2, 0) is 0 Å². The van der Waals surface area contributed by atoms with Crippen LogP contribution in [0, 0.1) is 0 Å². The maximum Gasteiger partial charge on any atom is 0.224 e. The number of nitrogens with zero attached hydrogens (tertiary/aromatic N) is 2. The van der Waals surface area contributed by atoms with Crippen LogP contribution in [0.2, 0.25) is 0 Å². The van der Waals surface area contributed by atoms with Crippen molar-refractivity contribution in [2.45, 2.75) is 51.9 Å². The zero-order valence-electron chi connectivity index (χ0n) is 15.3. The molecule has 1 aromatic heterocycles. The molecule has 2 N–H and O–H groups in total. The zero-order valence-corrected chi connectivity index (χ0v) is 15.3. The largest absolute Gasteiger partial charge is 0.354 e. The summed E-state index contributed by atoms with van der Waals surface area (Å²) < 4.78 is 0. The van der Waals surface area contributed by atoms with Crippen LogP contribution in [0.1, 0.15) is 57.4 Å². The summed E-state index contributed by atoms with van der Waals surface area (Å²) in [5.74, 6) is 1.97. The number of allylic oxidation sites excluding steroid dienone is 1. The molecule has 1 heterocycles. The average molecular weight is 336 g/mol. The number of hydrogen-bond acceptors (Lipinski definition) is 4. The van der Waals surface area contributed by atoms with Crippen LogP contribution in [0.15, 0.2) is 48.2 Å². The van der Waals surface area contributed by atoms with Crippen molar-refractivity contribution in [1.29, 1.82) is 0 Å². The second-order valence-electron chi connectivity index (χ2n) is 6.92. The zero-order chi connectivity index (χ0) is 17.5. The maximum atomic E-state index is 4.60. The van der Waals surface area contributed by atoms with Gasteiger partial charge in [0.2, 0.25) is 5.95 Å². The molecule has 25 heavy (non-hydrogen) atoms. The summed E-state index contributed by atoms with van der Waals surface area (Å²) in [5.41, 5.74) is 3.97. The molecule has 0 fully saturated rings. The number of hydrogen-bond donors (Lipinski definition) is 2. The number of benzene rings is 1. The van der Waals surface area contributed by atoms with E-state index in [0.29, 0.717) is 11.9 Å². The molecule has 2 aromatic rings. The third-order valence-electron chi connectivity index (χ3n) is 4.62. The average Bonchev–Trinajstić information content (AvgIpc) is 2.63. The molecule has 0 saturated carbocycles. The molecule has 4 heteroatoms. The van der Waals surface area contributed by atoms with E-state index in [1.165, 1.54) is 31.2 Å². The van der Waals surface area contributed by atoms with Gasteiger partial charge in [0.15, 0.2) is 0 Å². The van der Waals surface area contributed by atoms with Gasteiger partial charge in [-0.3, -0.25) is 0 Å². The number of rotatable bonds is 7. The normalized spacial score (nSPS) is 14.3. The lowest BCUT2D eigenvalue weighted by Gasteiger charge is -2.15. The summed E-state index contributed by atoms with van der Waals surface area (Å²) >= 11 is 0. The molecule has 0 saturated heterocycles. The van der Waals surface area contributed by atoms with Gasteiger partial charge in [0.05, 0.1) is 0 Å². The van der Waals surface area contributed by atoms with Gasteiger partial charge in [-0.1, -0.05) is 43.7 Å². The molecule has 0 atom stereocenters. The predicted molar refractivity (Wildman–Crippen MR) is 106 cm³/mol. The van der Waals surface area contributed by atoms with Gasteiger partial charge in [0, 0.05) is 18.4 Å². The van der Waals surface area contributed by atoms with Crippen LogP contribution in [0.4, 0.5) is 17.5 Å². The monoisotopic (exact) mass is 336 g/mol. The Kier molecular flexibility index (Phi) is 6.04. The van der Waals surface area contributed by atoms with Crippen molar-refractivity contribution in [2.75, 3.05) is 17.2 Å². The second-order valence-corrected chi connectivity index (χ2v) is 6.92. The van der Waals surface area contributed by atoms with Gasteiger partial charge in [0.1, 0.15) is 5.82 Å². The molecule has 1 aliphatic carbocycles. The highest BCUT2D eigenvalue weighted by atomic mass is 15.1. The summed E-state index contributed by atoms with van der Waals surface area (Å²) in [5, 5.41) is 6.78. The molecular weight excluding hydrogens is 308 g/mol. The molecule has 0 amide bonds. The van der Waals surface area contributed by atoms with Crippen molar-refractivity contribution in [3.63, 3.8) is 0 Å². The highest BCUT2D eigenvalue weighted by Crippen LogP contribution is 2.26. The van der Waals surface area contributed by atoms with Crippen LogP contribution in [0.25, 0.3) is 0 Å². The molecule has 0 radical (unpaired) electrons. The Bertz CT molecular complexity index is 721. The van der Waals surface area contributed by atoms with E-state index < -0.39 is 0 Å². The van der Waals surface area contributed by atoms with E-state index in [1.807, 2.05) is 12.1 Å². The van der Waals surface area contributed by atoms with E-state index in [9.17, 15) is 0 Å². The van der Waals surface area contributed by atoms with Crippen molar-refractivity contribution in [3.05, 3.63) is 53.7 Å². The molecule has 1 aromatic carbocycles. The summed E-state index contributed by atoms with van der Waals surface area (Å²) in [7, 11) is 0. The number of nitrogens with one attached hydrogen (secondary N) is 2. The van der Waals surface area contributed by atoms with E-state index in [2.05, 4.69) is 58.7 Å². The Hall–Kier alpha value is -2.36. The summed E-state index contributed by atoms with van der Waals surface area (Å²) in [6.45, 7) is 5.29. The van der Waals surface area contributed by atoms with Crippen molar-refractivity contribution in [2.24, 2.45) is 0 Å². The Balaban J connectivity index is 1.61. The van der Waals surface area contributed by atoms with E-state index in [1.54, 1.807) is 11.8 Å². The van der Waals surface area contributed by atoms with Crippen LogP contribution in [0.3, 0.4) is 0 Å².